The number of amides is 1. The number of rotatable bonds is 7. The zero-order chi connectivity index (χ0) is 21.5. The molecule has 154 valence electrons. The fourth-order valence-corrected chi connectivity index (χ4v) is 3.08. The minimum absolute atomic E-state index is 0.237. The van der Waals surface area contributed by atoms with Gasteiger partial charge in [-0.3, -0.25) is 9.79 Å². The lowest BCUT2D eigenvalue weighted by molar-refractivity contribution is -0.118. The van der Waals surface area contributed by atoms with E-state index in [1.165, 1.54) is 7.11 Å². The van der Waals surface area contributed by atoms with Crippen LogP contribution in [0.3, 0.4) is 0 Å². The quantitative estimate of drug-likeness (QED) is 0.451. The second-order valence-electron chi connectivity index (χ2n) is 6.43. The van der Waals surface area contributed by atoms with Gasteiger partial charge in [-0.2, -0.15) is 0 Å². The molecule has 1 N–H and O–H groups in total. The van der Waals surface area contributed by atoms with E-state index >= 15 is 0 Å². The Morgan fingerprint density at radius 2 is 1.83 bits per heavy atom. The second kappa shape index (κ2) is 10.1. The molecule has 0 bridgehead atoms. The van der Waals surface area contributed by atoms with Crippen LogP contribution in [0.5, 0.6) is 11.5 Å². The van der Waals surface area contributed by atoms with Crippen molar-refractivity contribution in [2.45, 2.75) is 6.92 Å². The summed E-state index contributed by atoms with van der Waals surface area (Å²) in [5.74, 6) is 0.346. The minimum Gasteiger partial charge on any atom is -0.493 e. The Labute approximate surface area is 185 Å². The van der Waals surface area contributed by atoms with Crippen LogP contribution in [-0.4, -0.2) is 25.8 Å². The third-order valence-electron chi connectivity index (χ3n) is 4.17. The molecule has 0 unspecified atom stereocenters. The lowest BCUT2D eigenvalue weighted by Crippen LogP contribution is -2.20. The van der Waals surface area contributed by atoms with Crippen LogP contribution < -0.4 is 14.8 Å². The molecule has 0 fully saturated rings. The number of halogens is 2. The molecular weight excluding hydrogens is 423 g/mol. The highest BCUT2D eigenvalue weighted by molar-refractivity contribution is 6.32. The van der Waals surface area contributed by atoms with Crippen LogP contribution >= 0.6 is 23.2 Å². The van der Waals surface area contributed by atoms with Crippen molar-refractivity contribution in [3.8, 4) is 11.5 Å². The lowest BCUT2D eigenvalue weighted by Gasteiger charge is -2.13. The van der Waals surface area contributed by atoms with Crippen molar-refractivity contribution in [3.63, 3.8) is 0 Å². The predicted octanol–water partition coefficient (Wildman–Crippen LogP) is 6.08. The Morgan fingerprint density at radius 1 is 1.07 bits per heavy atom. The van der Waals surface area contributed by atoms with E-state index in [0.717, 1.165) is 16.8 Å². The number of benzene rings is 3. The molecule has 3 aromatic carbocycles. The summed E-state index contributed by atoms with van der Waals surface area (Å²) in [7, 11) is 1.50. The van der Waals surface area contributed by atoms with Crippen molar-refractivity contribution >= 4 is 46.7 Å². The number of carbonyl (C=O) groups excluding carboxylic acids is 1. The van der Waals surface area contributed by atoms with E-state index in [1.807, 2.05) is 43.3 Å². The summed E-state index contributed by atoms with van der Waals surface area (Å²) in [5, 5.41) is 3.62. The Balaban J connectivity index is 1.68. The fourth-order valence-electron chi connectivity index (χ4n) is 2.62. The van der Waals surface area contributed by atoms with Crippen LogP contribution in [-0.2, 0) is 4.79 Å². The molecule has 0 radical (unpaired) electrons. The number of hydrogen-bond acceptors (Lipinski definition) is 4. The van der Waals surface area contributed by atoms with Gasteiger partial charge < -0.3 is 14.8 Å². The molecule has 0 spiro atoms. The molecule has 1 amide bonds. The van der Waals surface area contributed by atoms with Gasteiger partial charge in [0.2, 0.25) is 0 Å². The van der Waals surface area contributed by atoms with Gasteiger partial charge in [-0.25, -0.2) is 0 Å². The third-order valence-corrected chi connectivity index (χ3v) is 4.86. The number of carbonyl (C=O) groups is 1. The highest BCUT2D eigenvalue weighted by atomic mass is 35.5. The van der Waals surface area contributed by atoms with Gasteiger partial charge in [0.25, 0.3) is 5.91 Å². The zero-order valence-corrected chi connectivity index (χ0v) is 18.0. The monoisotopic (exact) mass is 442 g/mol. The van der Waals surface area contributed by atoms with E-state index in [9.17, 15) is 4.79 Å². The smallest absolute Gasteiger partial charge is 0.262 e. The summed E-state index contributed by atoms with van der Waals surface area (Å²) >= 11 is 12.4. The first kappa shape index (κ1) is 21.7. The average Bonchev–Trinajstić information content (AvgIpc) is 2.74. The van der Waals surface area contributed by atoms with Crippen molar-refractivity contribution in [2.24, 2.45) is 4.99 Å². The van der Waals surface area contributed by atoms with Crippen molar-refractivity contribution in [1.29, 1.82) is 0 Å². The number of nitrogens with one attached hydrogen (secondary N) is 1. The van der Waals surface area contributed by atoms with E-state index in [0.29, 0.717) is 21.5 Å². The zero-order valence-electron chi connectivity index (χ0n) is 16.5. The molecule has 0 heterocycles. The number of ether oxygens (including phenoxy) is 2. The normalized spacial score (nSPS) is 10.8. The van der Waals surface area contributed by atoms with Crippen LogP contribution in [0.1, 0.15) is 11.1 Å². The maximum Gasteiger partial charge on any atom is 0.262 e. The molecule has 0 aromatic heterocycles. The Kier molecular flexibility index (Phi) is 7.33. The van der Waals surface area contributed by atoms with Crippen LogP contribution in [0, 0.1) is 6.92 Å². The first-order chi connectivity index (χ1) is 14.5. The Hall–Kier alpha value is -3.02. The number of nitrogens with zero attached hydrogens (tertiary/aromatic N) is 1. The number of anilines is 1. The molecule has 3 aromatic rings. The van der Waals surface area contributed by atoms with E-state index in [-0.39, 0.29) is 18.3 Å². The molecule has 0 saturated heterocycles. The van der Waals surface area contributed by atoms with Crippen LogP contribution in [0.2, 0.25) is 10.0 Å². The van der Waals surface area contributed by atoms with Crippen LogP contribution in [0.15, 0.2) is 65.7 Å². The molecule has 7 heteroatoms. The largest absolute Gasteiger partial charge is 0.493 e. The molecular formula is C23H20Cl2N2O3. The van der Waals surface area contributed by atoms with Crippen molar-refractivity contribution in [1.82, 2.24) is 0 Å². The highest BCUT2D eigenvalue weighted by Gasteiger charge is 2.14. The van der Waals surface area contributed by atoms with Gasteiger partial charge in [0.05, 0.1) is 17.8 Å². The van der Waals surface area contributed by atoms with Gasteiger partial charge in [-0.15, -0.1) is 0 Å². The van der Waals surface area contributed by atoms with Crippen LogP contribution in [0.4, 0.5) is 11.4 Å². The number of aliphatic imine (C=N–C) groups is 1. The van der Waals surface area contributed by atoms with Gasteiger partial charge in [-0.1, -0.05) is 47.5 Å². The molecule has 0 atom stereocenters. The topological polar surface area (TPSA) is 59.9 Å². The molecule has 0 saturated carbocycles. The van der Waals surface area contributed by atoms with Crippen molar-refractivity contribution in [2.75, 3.05) is 19.0 Å². The molecule has 0 aliphatic carbocycles. The number of aryl methyl sites for hydroxylation is 1. The Morgan fingerprint density at radius 3 is 2.53 bits per heavy atom. The van der Waals surface area contributed by atoms with E-state index in [2.05, 4.69) is 10.3 Å². The Bertz CT molecular complexity index is 1070. The van der Waals surface area contributed by atoms with Gasteiger partial charge in [-0.05, 0) is 54.4 Å². The SMILES string of the molecule is COc1cc(C=Nc2ccccc2)cc(Cl)c1OCC(=O)Nc1ccc(C)c(Cl)c1. The molecule has 3 rings (SSSR count). The summed E-state index contributed by atoms with van der Waals surface area (Å²) in [5.41, 5.74) is 3.08. The predicted molar refractivity (Wildman–Crippen MR) is 122 cm³/mol. The van der Waals surface area contributed by atoms with Gasteiger partial charge in [0.15, 0.2) is 18.1 Å². The summed E-state index contributed by atoms with van der Waals surface area (Å²) in [6.07, 6.45) is 1.68. The summed E-state index contributed by atoms with van der Waals surface area (Å²) in [4.78, 5) is 16.6. The van der Waals surface area contributed by atoms with Gasteiger partial charge >= 0.3 is 0 Å². The summed E-state index contributed by atoms with van der Waals surface area (Å²) < 4.78 is 11.0. The molecule has 30 heavy (non-hydrogen) atoms. The number of para-hydroxylation sites is 1. The number of hydrogen-bond donors (Lipinski definition) is 1. The molecule has 5 nitrogen and oxygen atoms in total. The van der Waals surface area contributed by atoms with E-state index < -0.39 is 0 Å². The molecule has 0 aliphatic rings. The fraction of sp³-hybridized carbons (Fsp3) is 0.130. The highest BCUT2D eigenvalue weighted by Crippen LogP contribution is 2.36. The third kappa shape index (κ3) is 5.75. The van der Waals surface area contributed by atoms with E-state index in [4.69, 9.17) is 32.7 Å². The first-order valence-electron chi connectivity index (χ1n) is 9.11. The van der Waals surface area contributed by atoms with Crippen molar-refractivity contribution < 1.29 is 14.3 Å². The maximum absolute atomic E-state index is 12.2. The van der Waals surface area contributed by atoms with E-state index in [1.54, 1.807) is 30.5 Å². The molecule has 0 aliphatic heterocycles. The standard InChI is InChI=1S/C23H20Cl2N2O3/c1-15-8-9-18(12-19(15)24)27-22(28)14-30-23-20(25)10-16(11-21(23)29-2)13-26-17-6-4-3-5-7-17/h3-13H,14H2,1-2H3,(H,27,28). The second-order valence-corrected chi connectivity index (χ2v) is 7.24. The average molecular weight is 443 g/mol. The lowest BCUT2D eigenvalue weighted by atomic mass is 10.2. The maximum atomic E-state index is 12.2. The van der Waals surface area contributed by atoms with Crippen molar-refractivity contribution in [3.05, 3.63) is 81.8 Å². The van der Waals surface area contributed by atoms with Crippen LogP contribution in [0.25, 0.3) is 0 Å². The number of methoxy groups -OCH3 is 1. The van der Waals surface area contributed by atoms with Gasteiger partial charge in [0.1, 0.15) is 0 Å². The summed E-state index contributed by atoms with van der Waals surface area (Å²) in [6, 6.07) is 18.3. The summed E-state index contributed by atoms with van der Waals surface area (Å²) in [6.45, 7) is 1.65. The first-order valence-corrected chi connectivity index (χ1v) is 9.87. The minimum atomic E-state index is -0.345. The van der Waals surface area contributed by atoms with Gasteiger partial charge in [0, 0.05) is 16.9 Å².